The molecule has 7 heteroatoms. The van der Waals surface area contributed by atoms with E-state index < -0.39 is 18.0 Å². The zero-order chi connectivity index (χ0) is 24.8. The minimum absolute atomic E-state index is 0.0270. The summed E-state index contributed by atoms with van der Waals surface area (Å²) in [6, 6.07) is 15.6. The highest BCUT2D eigenvalue weighted by atomic mass is 16.5. The topological polar surface area (TPSA) is 105 Å². The molecule has 1 fully saturated rings. The Bertz CT molecular complexity index is 1020. The molecule has 0 unspecified atom stereocenters. The summed E-state index contributed by atoms with van der Waals surface area (Å²) in [7, 11) is 0. The Morgan fingerprint density at radius 2 is 1.69 bits per heavy atom. The lowest BCUT2D eigenvalue weighted by Gasteiger charge is -2.22. The summed E-state index contributed by atoms with van der Waals surface area (Å²) >= 11 is 0. The molecule has 3 N–H and O–H groups in total. The SMILES string of the molecule is CCCC[C@H](CC(=O)N[C@@H]1CCC[C@@H]1C(=O)O)NC(=O)OCC1c2ccccc2-c2ccccc21. The monoisotopic (exact) mass is 478 g/mol. The number of rotatable bonds is 10. The summed E-state index contributed by atoms with van der Waals surface area (Å²) in [6.45, 7) is 2.27. The largest absolute Gasteiger partial charge is 0.481 e. The van der Waals surface area contributed by atoms with Crippen LogP contribution in [0.3, 0.4) is 0 Å². The third kappa shape index (κ3) is 5.84. The van der Waals surface area contributed by atoms with Crippen LogP contribution in [-0.2, 0) is 14.3 Å². The predicted octanol–water partition coefficient (Wildman–Crippen LogP) is 4.84. The van der Waals surface area contributed by atoms with Crippen LogP contribution in [0.25, 0.3) is 11.1 Å². The highest BCUT2D eigenvalue weighted by molar-refractivity contribution is 5.80. The molecule has 0 bridgehead atoms. The Morgan fingerprint density at radius 1 is 1.03 bits per heavy atom. The first kappa shape index (κ1) is 24.8. The number of amides is 2. The van der Waals surface area contributed by atoms with E-state index in [4.69, 9.17) is 4.74 Å². The number of nitrogens with one attached hydrogen (secondary N) is 2. The molecule has 4 rings (SSSR count). The Balaban J connectivity index is 1.34. The lowest BCUT2D eigenvalue weighted by Crippen LogP contribution is -2.44. The van der Waals surface area contributed by atoms with Crippen molar-refractivity contribution in [2.24, 2.45) is 5.92 Å². The van der Waals surface area contributed by atoms with Crippen molar-refractivity contribution in [2.75, 3.05) is 6.61 Å². The van der Waals surface area contributed by atoms with Crippen LogP contribution in [0.5, 0.6) is 0 Å². The van der Waals surface area contributed by atoms with Gasteiger partial charge in [-0.05, 0) is 41.5 Å². The number of aliphatic carboxylic acids is 1. The summed E-state index contributed by atoms with van der Waals surface area (Å²) in [5.74, 6) is -1.67. The second kappa shape index (κ2) is 11.4. The summed E-state index contributed by atoms with van der Waals surface area (Å²) < 4.78 is 5.65. The van der Waals surface area contributed by atoms with E-state index in [1.807, 2.05) is 24.3 Å². The number of carbonyl (C=O) groups excluding carboxylic acids is 2. The van der Waals surface area contributed by atoms with Gasteiger partial charge in [0, 0.05) is 24.4 Å². The normalized spacial score (nSPS) is 19.5. The Morgan fingerprint density at radius 3 is 2.31 bits per heavy atom. The van der Waals surface area contributed by atoms with E-state index in [1.165, 1.54) is 11.1 Å². The number of carboxylic acids is 1. The average Bonchev–Trinajstić information content (AvgIpc) is 3.44. The minimum Gasteiger partial charge on any atom is -0.481 e. The highest BCUT2D eigenvalue weighted by Gasteiger charge is 2.34. The van der Waals surface area contributed by atoms with Gasteiger partial charge < -0.3 is 20.5 Å². The third-order valence-electron chi connectivity index (χ3n) is 7.18. The Kier molecular flexibility index (Phi) is 8.06. The van der Waals surface area contributed by atoms with E-state index in [0.717, 1.165) is 30.4 Å². The van der Waals surface area contributed by atoms with Gasteiger partial charge in [-0.3, -0.25) is 9.59 Å². The van der Waals surface area contributed by atoms with Crippen molar-refractivity contribution in [3.63, 3.8) is 0 Å². The van der Waals surface area contributed by atoms with Gasteiger partial charge in [0.25, 0.3) is 0 Å². The summed E-state index contributed by atoms with van der Waals surface area (Å²) in [5.41, 5.74) is 4.63. The summed E-state index contributed by atoms with van der Waals surface area (Å²) in [6.07, 6.45) is 4.06. The fraction of sp³-hybridized carbons (Fsp3) is 0.464. The third-order valence-corrected chi connectivity index (χ3v) is 7.18. The van der Waals surface area contributed by atoms with E-state index in [1.54, 1.807) is 0 Å². The van der Waals surface area contributed by atoms with Crippen molar-refractivity contribution in [3.8, 4) is 11.1 Å². The van der Waals surface area contributed by atoms with Crippen LogP contribution in [-0.4, -0.2) is 41.8 Å². The fourth-order valence-corrected chi connectivity index (χ4v) is 5.40. The lowest BCUT2D eigenvalue weighted by atomic mass is 9.98. The second-order valence-electron chi connectivity index (χ2n) is 9.56. The van der Waals surface area contributed by atoms with E-state index >= 15 is 0 Å². The van der Waals surface area contributed by atoms with Crippen LogP contribution in [0.15, 0.2) is 48.5 Å². The second-order valence-corrected chi connectivity index (χ2v) is 9.56. The van der Waals surface area contributed by atoms with Crippen molar-refractivity contribution in [1.82, 2.24) is 10.6 Å². The predicted molar refractivity (Wildman–Crippen MR) is 133 cm³/mol. The van der Waals surface area contributed by atoms with Gasteiger partial charge in [0.15, 0.2) is 0 Å². The number of carbonyl (C=O) groups is 3. The molecule has 0 saturated heterocycles. The molecule has 0 aromatic heterocycles. The molecule has 35 heavy (non-hydrogen) atoms. The van der Waals surface area contributed by atoms with Crippen molar-refractivity contribution in [3.05, 3.63) is 59.7 Å². The van der Waals surface area contributed by atoms with Gasteiger partial charge in [-0.1, -0.05) is 74.7 Å². The van der Waals surface area contributed by atoms with Crippen LogP contribution in [0.4, 0.5) is 4.79 Å². The van der Waals surface area contributed by atoms with Crippen LogP contribution in [0, 0.1) is 5.92 Å². The van der Waals surface area contributed by atoms with Crippen LogP contribution in [0.1, 0.15) is 68.9 Å². The van der Waals surface area contributed by atoms with Gasteiger partial charge in [0.05, 0.1) is 5.92 Å². The average molecular weight is 479 g/mol. The molecule has 0 radical (unpaired) electrons. The molecule has 2 aromatic carbocycles. The maximum atomic E-state index is 12.7. The maximum Gasteiger partial charge on any atom is 0.407 e. The van der Waals surface area contributed by atoms with Crippen LogP contribution < -0.4 is 10.6 Å². The summed E-state index contributed by atoms with van der Waals surface area (Å²) in [5, 5.41) is 15.1. The van der Waals surface area contributed by atoms with Gasteiger partial charge in [-0.25, -0.2) is 4.79 Å². The van der Waals surface area contributed by atoms with Gasteiger partial charge in [-0.2, -0.15) is 0 Å². The molecule has 2 aliphatic carbocycles. The molecule has 2 aliphatic rings. The van der Waals surface area contributed by atoms with E-state index in [-0.39, 0.29) is 36.9 Å². The number of hydrogen-bond donors (Lipinski definition) is 3. The molecule has 2 aromatic rings. The molecule has 1 saturated carbocycles. The van der Waals surface area contributed by atoms with Gasteiger partial charge in [0.1, 0.15) is 6.61 Å². The molecule has 3 atom stereocenters. The van der Waals surface area contributed by atoms with Crippen molar-refractivity contribution < 1.29 is 24.2 Å². The standard InChI is InChI=1S/C28H34N2O5/c1-2-3-9-18(16-26(31)30-25-15-8-14-23(25)27(32)33)29-28(34)35-17-24-21-12-6-4-10-19(21)20-11-5-7-13-22(20)24/h4-7,10-13,18,23-25H,2-3,8-9,14-17H2,1H3,(H,29,34)(H,30,31)(H,32,33)/t18-,23+,25-/m1/s1. The maximum absolute atomic E-state index is 12.7. The summed E-state index contributed by atoms with van der Waals surface area (Å²) in [4.78, 5) is 36.8. The van der Waals surface area contributed by atoms with Gasteiger partial charge in [-0.15, -0.1) is 0 Å². The molecular formula is C28H34N2O5. The van der Waals surface area contributed by atoms with Crippen LogP contribution in [0.2, 0.25) is 0 Å². The zero-order valence-corrected chi connectivity index (χ0v) is 20.2. The Labute approximate surface area is 206 Å². The number of benzene rings is 2. The van der Waals surface area contributed by atoms with E-state index in [0.29, 0.717) is 19.3 Å². The smallest absolute Gasteiger partial charge is 0.407 e. The number of unbranched alkanes of at least 4 members (excludes halogenated alkanes) is 1. The zero-order valence-electron chi connectivity index (χ0n) is 20.2. The van der Waals surface area contributed by atoms with Crippen LogP contribution >= 0.6 is 0 Å². The molecule has 7 nitrogen and oxygen atoms in total. The number of hydrogen-bond acceptors (Lipinski definition) is 4. The molecule has 0 heterocycles. The van der Waals surface area contributed by atoms with Crippen molar-refractivity contribution in [1.29, 1.82) is 0 Å². The van der Waals surface area contributed by atoms with Gasteiger partial charge in [0.2, 0.25) is 5.91 Å². The first-order valence-electron chi connectivity index (χ1n) is 12.6. The molecular weight excluding hydrogens is 444 g/mol. The first-order valence-corrected chi connectivity index (χ1v) is 12.6. The minimum atomic E-state index is -0.868. The quantitative estimate of drug-likeness (QED) is 0.453. The Hall–Kier alpha value is -3.35. The van der Waals surface area contributed by atoms with Crippen molar-refractivity contribution in [2.45, 2.75) is 69.9 Å². The van der Waals surface area contributed by atoms with E-state index in [9.17, 15) is 19.5 Å². The number of carboxylic acid groups (broad SMARTS) is 1. The molecule has 0 spiro atoms. The van der Waals surface area contributed by atoms with Gasteiger partial charge >= 0.3 is 12.1 Å². The number of ether oxygens (including phenoxy) is 1. The lowest BCUT2D eigenvalue weighted by molar-refractivity contribution is -0.142. The molecule has 0 aliphatic heterocycles. The number of fused-ring (bicyclic) bond motifs is 3. The number of alkyl carbamates (subject to hydrolysis) is 1. The first-order chi connectivity index (χ1) is 17.0. The molecule has 186 valence electrons. The molecule has 2 amide bonds. The van der Waals surface area contributed by atoms with Crippen molar-refractivity contribution >= 4 is 18.0 Å². The van der Waals surface area contributed by atoms with E-state index in [2.05, 4.69) is 41.8 Å². The fourth-order valence-electron chi connectivity index (χ4n) is 5.40. The highest BCUT2D eigenvalue weighted by Crippen LogP contribution is 2.44.